The van der Waals surface area contributed by atoms with Gasteiger partial charge in [0.1, 0.15) is 5.75 Å². The Morgan fingerprint density at radius 3 is 2.71 bits per heavy atom. The molecular weight excluding hydrogens is 198 g/mol. The van der Waals surface area contributed by atoms with Crippen LogP contribution >= 0.6 is 11.3 Å². The maximum atomic E-state index is 8.81. The predicted molar refractivity (Wildman–Crippen MR) is 54.6 cm³/mol. The highest BCUT2D eigenvalue weighted by atomic mass is 32.1. The van der Waals surface area contributed by atoms with E-state index in [0.717, 1.165) is 5.75 Å². The molecule has 0 aliphatic heterocycles. The number of hydrogen-bond acceptors (Lipinski definition) is 4. The molecule has 0 saturated carbocycles. The fourth-order valence-corrected chi connectivity index (χ4v) is 1.68. The minimum absolute atomic E-state index is 0.0470. The van der Waals surface area contributed by atoms with Gasteiger partial charge < -0.3 is 9.84 Å². The standard InChI is InChI=1S/C10H9NO2S/c12-6-8-7-14-10(11-8)13-9-4-2-1-3-5-9/h1-5,7,12H,6H2. The van der Waals surface area contributed by atoms with Crippen molar-refractivity contribution in [2.45, 2.75) is 6.61 Å². The summed E-state index contributed by atoms with van der Waals surface area (Å²) in [5, 5.41) is 11.1. The Labute approximate surface area is 85.6 Å². The van der Waals surface area contributed by atoms with Crippen LogP contribution in [-0.4, -0.2) is 10.1 Å². The van der Waals surface area contributed by atoms with Crippen LogP contribution in [-0.2, 0) is 6.61 Å². The summed E-state index contributed by atoms with van der Waals surface area (Å²) in [6, 6.07) is 9.44. The van der Waals surface area contributed by atoms with Crippen LogP contribution in [0.1, 0.15) is 5.69 Å². The van der Waals surface area contributed by atoms with Crippen molar-refractivity contribution in [2.75, 3.05) is 0 Å². The molecule has 0 unspecified atom stereocenters. The fraction of sp³-hybridized carbons (Fsp3) is 0.100. The van der Waals surface area contributed by atoms with E-state index in [1.165, 1.54) is 11.3 Å². The first-order valence-electron chi connectivity index (χ1n) is 4.16. The van der Waals surface area contributed by atoms with Gasteiger partial charge in [0.25, 0.3) is 5.19 Å². The van der Waals surface area contributed by atoms with E-state index in [-0.39, 0.29) is 6.61 Å². The molecule has 0 aliphatic carbocycles. The number of ether oxygens (including phenoxy) is 1. The van der Waals surface area contributed by atoms with Gasteiger partial charge in [-0.3, -0.25) is 0 Å². The van der Waals surface area contributed by atoms with Gasteiger partial charge in [-0.05, 0) is 12.1 Å². The van der Waals surface area contributed by atoms with Crippen molar-refractivity contribution in [3.63, 3.8) is 0 Å². The lowest BCUT2D eigenvalue weighted by molar-refractivity contribution is 0.276. The van der Waals surface area contributed by atoms with E-state index in [4.69, 9.17) is 9.84 Å². The number of aromatic nitrogens is 1. The van der Waals surface area contributed by atoms with Gasteiger partial charge in [0, 0.05) is 5.38 Å². The van der Waals surface area contributed by atoms with E-state index >= 15 is 0 Å². The van der Waals surface area contributed by atoms with Crippen molar-refractivity contribution < 1.29 is 9.84 Å². The minimum Gasteiger partial charge on any atom is -0.431 e. The molecule has 1 heterocycles. The van der Waals surface area contributed by atoms with Crippen molar-refractivity contribution in [1.29, 1.82) is 0 Å². The van der Waals surface area contributed by atoms with Gasteiger partial charge in [0.2, 0.25) is 0 Å². The van der Waals surface area contributed by atoms with Crippen LogP contribution in [0.25, 0.3) is 0 Å². The fourth-order valence-electron chi connectivity index (χ4n) is 0.997. The zero-order valence-electron chi connectivity index (χ0n) is 7.38. The average molecular weight is 207 g/mol. The lowest BCUT2D eigenvalue weighted by Gasteiger charge is -1.99. The summed E-state index contributed by atoms with van der Waals surface area (Å²) in [4.78, 5) is 4.07. The molecule has 0 amide bonds. The zero-order chi connectivity index (χ0) is 9.80. The molecular formula is C10H9NO2S. The average Bonchev–Trinajstić information content (AvgIpc) is 2.67. The first-order chi connectivity index (χ1) is 6.88. The van der Waals surface area contributed by atoms with Crippen molar-refractivity contribution in [1.82, 2.24) is 4.98 Å². The molecule has 0 aliphatic rings. The van der Waals surface area contributed by atoms with Gasteiger partial charge in [-0.1, -0.05) is 29.5 Å². The highest BCUT2D eigenvalue weighted by Crippen LogP contribution is 2.24. The van der Waals surface area contributed by atoms with Gasteiger partial charge in [0.05, 0.1) is 12.3 Å². The van der Waals surface area contributed by atoms with E-state index in [1.807, 2.05) is 30.3 Å². The Hall–Kier alpha value is -1.39. The Balaban J connectivity index is 2.11. The molecule has 0 fully saturated rings. The monoisotopic (exact) mass is 207 g/mol. The number of thiazole rings is 1. The molecule has 3 nitrogen and oxygen atoms in total. The maximum Gasteiger partial charge on any atom is 0.278 e. The molecule has 0 atom stereocenters. The molecule has 0 spiro atoms. The zero-order valence-corrected chi connectivity index (χ0v) is 8.20. The number of aliphatic hydroxyl groups excluding tert-OH is 1. The van der Waals surface area contributed by atoms with Crippen molar-refractivity contribution in [2.24, 2.45) is 0 Å². The third kappa shape index (κ3) is 2.10. The van der Waals surface area contributed by atoms with Crippen molar-refractivity contribution in [3.05, 3.63) is 41.4 Å². The molecule has 1 aromatic carbocycles. The van der Waals surface area contributed by atoms with Gasteiger partial charge in [-0.2, -0.15) is 0 Å². The second kappa shape index (κ2) is 4.21. The van der Waals surface area contributed by atoms with Crippen LogP contribution in [0.15, 0.2) is 35.7 Å². The summed E-state index contributed by atoms with van der Waals surface area (Å²) in [5.41, 5.74) is 0.640. The molecule has 0 radical (unpaired) electrons. The maximum absolute atomic E-state index is 8.81. The van der Waals surface area contributed by atoms with E-state index in [9.17, 15) is 0 Å². The first-order valence-corrected chi connectivity index (χ1v) is 5.04. The van der Waals surface area contributed by atoms with E-state index in [1.54, 1.807) is 5.38 Å². The molecule has 2 aromatic rings. The minimum atomic E-state index is -0.0470. The molecule has 72 valence electrons. The summed E-state index contributed by atoms with van der Waals surface area (Å²) < 4.78 is 5.46. The lowest BCUT2D eigenvalue weighted by Crippen LogP contribution is -1.85. The largest absolute Gasteiger partial charge is 0.431 e. The van der Waals surface area contributed by atoms with Crippen molar-refractivity contribution >= 4 is 11.3 Å². The molecule has 14 heavy (non-hydrogen) atoms. The van der Waals surface area contributed by atoms with Crippen LogP contribution < -0.4 is 4.74 Å². The number of benzene rings is 1. The number of aliphatic hydroxyl groups is 1. The molecule has 1 N–H and O–H groups in total. The van der Waals surface area contributed by atoms with Crippen molar-refractivity contribution in [3.8, 4) is 10.9 Å². The van der Waals surface area contributed by atoms with E-state index < -0.39 is 0 Å². The van der Waals surface area contributed by atoms with Crippen LogP contribution in [0.2, 0.25) is 0 Å². The van der Waals surface area contributed by atoms with Crippen LogP contribution in [0.4, 0.5) is 0 Å². The lowest BCUT2D eigenvalue weighted by atomic mass is 10.3. The van der Waals surface area contributed by atoms with Gasteiger partial charge in [-0.25, -0.2) is 4.98 Å². The molecule has 2 rings (SSSR count). The van der Waals surface area contributed by atoms with Gasteiger partial charge >= 0.3 is 0 Å². The SMILES string of the molecule is OCc1csc(Oc2ccccc2)n1. The molecule has 1 aromatic heterocycles. The van der Waals surface area contributed by atoms with Gasteiger partial charge in [-0.15, -0.1) is 0 Å². The first kappa shape index (κ1) is 9.18. The predicted octanol–water partition coefficient (Wildman–Crippen LogP) is 2.43. The second-order valence-corrected chi connectivity index (χ2v) is 3.50. The summed E-state index contributed by atoms with van der Waals surface area (Å²) in [5.74, 6) is 0.756. The quantitative estimate of drug-likeness (QED) is 0.840. The molecule has 0 saturated heterocycles. The van der Waals surface area contributed by atoms with Crippen LogP contribution in [0.3, 0.4) is 0 Å². The summed E-state index contributed by atoms with van der Waals surface area (Å²) in [7, 11) is 0. The number of hydrogen-bond donors (Lipinski definition) is 1. The Morgan fingerprint density at radius 1 is 1.29 bits per heavy atom. The summed E-state index contributed by atoms with van der Waals surface area (Å²) in [6.07, 6.45) is 0. The number of nitrogens with zero attached hydrogens (tertiary/aromatic N) is 1. The number of para-hydroxylation sites is 1. The van der Waals surface area contributed by atoms with Crippen LogP contribution in [0.5, 0.6) is 10.9 Å². The molecule has 0 bridgehead atoms. The Morgan fingerprint density at radius 2 is 2.07 bits per heavy atom. The second-order valence-electron chi connectivity index (χ2n) is 2.68. The molecule has 4 heteroatoms. The van der Waals surface area contributed by atoms with E-state index in [2.05, 4.69) is 4.98 Å². The third-order valence-corrected chi connectivity index (χ3v) is 2.41. The van der Waals surface area contributed by atoms with Crippen LogP contribution in [0, 0.1) is 0 Å². The number of rotatable bonds is 3. The van der Waals surface area contributed by atoms with E-state index in [0.29, 0.717) is 10.9 Å². The smallest absolute Gasteiger partial charge is 0.278 e. The highest BCUT2D eigenvalue weighted by Gasteiger charge is 2.02. The Kier molecular flexibility index (Phi) is 2.76. The van der Waals surface area contributed by atoms with Gasteiger partial charge in [0.15, 0.2) is 0 Å². The Bertz CT molecular complexity index is 400. The summed E-state index contributed by atoms with van der Waals surface area (Å²) in [6.45, 7) is -0.0470. The highest BCUT2D eigenvalue weighted by molar-refractivity contribution is 7.11. The normalized spacial score (nSPS) is 10.1. The topological polar surface area (TPSA) is 42.4 Å². The third-order valence-electron chi connectivity index (χ3n) is 1.64. The summed E-state index contributed by atoms with van der Waals surface area (Å²) >= 11 is 1.38.